The van der Waals surface area contributed by atoms with E-state index in [9.17, 15) is 9.59 Å². The number of hydrogen-bond acceptors (Lipinski definition) is 2. The molecule has 0 radical (unpaired) electrons. The highest BCUT2D eigenvalue weighted by atomic mass is 16.1. The summed E-state index contributed by atoms with van der Waals surface area (Å²) in [4.78, 5) is 24.0. The van der Waals surface area contributed by atoms with Gasteiger partial charge in [0.15, 0.2) is 11.6 Å². The molecule has 1 spiro atoms. The van der Waals surface area contributed by atoms with Crippen LogP contribution >= 0.6 is 0 Å². The van der Waals surface area contributed by atoms with E-state index in [2.05, 4.69) is 6.92 Å². The number of ketones is 2. The van der Waals surface area contributed by atoms with E-state index < -0.39 is 0 Å². The fourth-order valence-electron chi connectivity index (χ4n) is 4.14. The Morgan fingerprint density at radius 1 is 1.25 bits per heavy atom. The fraction of sp³-hybridized carbons (Fsp3) is 0.556. The van der Waals surface area contributed by atoms with E-state index in [0.29, 0.717) is 0 Å². The molecule has 3 aliphatic carbocycles. The van der Waals surface area contributed by atoms with E-state index >= 15 is 0 Å². The Bertz CT molecular complexity index is 536. The highest BCUT2D eigenvalue weighted by Gasteiger charge is 2.52. The summed E-state index contributed by atoms with van der Waals surface area (Å²) in [5, 5.41) is 0. The molecule has 2 atom stereocenters. The predicted molar refractivity (Wildman–Crippen MR) is 79.2 cm³/mol. The Kier molecular flexibility index (Phi) is 3.49. The molecule has 3 aliphatic rings. The molecular weight excluding hydrogens is 248 g/mol. The van der Waals surface area contributed by atoms with Gasteiger partial charge in [0.2, 0.25) is 0 Å². The number of unbranched alkanes of at least 4 members (excludes halogenated alkanes) is 2. The first kappa shape index (κ1) is 13.5. The maximum absolute atomic E-state index is 12.4. The van der Waals surface area contributed by atoms with Crippen molar-refractivity contribution in [2.24, 2.45) is 11.3 Å². The highest BCUT2D eigenvalue weighted by molar-refractivity contribution is 6.04. The van der Waals surface area contributed by atoms with Crippen LogP contribution < -0.4 is 0 Å². The summed E-state index contributed by atoms with van der Waals surface area (Å²) in [7, 11) is 0. The Morgan fingerprint density at radius 2 is 2.10 bits per heavy atom. The molecular formula is C18H22O2. The molecule has 0 saturated heterocycles. The molecule has 0 aromatic carbocycles. The monoisotopic (exact) mass is 270 g/mol. The summed E-state index contributed by atoms with van der Waals surface area (Å²) >= 11 is 0. The third kappa shape index (κ3) is 1.93. The summed E-state index contributed by atoms with van der Waals surface area (Å²) in [6.07, 6.45) is 14.9. The second-order valence-electron chi connectivity index (χ2n) is 6.25. The van der Waals surface area contributed by atoms with Gasteiger partial charge in [0.05, 0.1) is 0 Å². The molecule has 0 amide bonds. The van der Waals surface area contributed by atoms with Crippen LogP contribution in [-0.4, -0.2) is 11.6 Å². The Labute approximate surface area is 120 Å². The zero-order valence-corrected chi connectivity index (χ0v) is 12.2. The van der Waals surface area contributed by atoms with Gasteiger partial charge in [-0.2, -0.15) is 0 Å². The largest absolute Gasteiger partial charge is 0.294 e. The molecule has 0 aromatic rings. The van der Waals surface area contributed by atoms with Crippen molar-refractivity contribution in [1.82, 2.24) is 0 Å². The summed E-state index contributed by atoms with van der Waals surface area (Å²) in [5.74, 6) is 0.420. The van der Waals surface area contributed by atoms with E-state index in [1.54, 1.807) is 12.2 Å². The average Bonchev–Trinajstić information content (AvgIpc) is 2.72. The van der Waals surface area contributed by atoms with Crippen LogP contribution in [0.5, 0.6) is 0 Å². The molecule has 0 bridgehead atoms. The number of carbonyl (C=O) groups excluding carboxylic acids is 2. The van der Waals surface area contributed by atoms with Gasteiger partial charge in [-0.1, -0.05) is 37.0 Å². The van der Waals surface area contributed by atoms with E-state index in [4.69, 9.17) is 0 Å². The van der Waals surface area contributed by atoms with Crippen molar-refractivity contribution in [1.29, 1.82) is 0 Å². The lowest BCUT2D eigenvalue weighted by molar-refractivity contribution is -0.119. The van der Waals surface area contributed by atoms with Crippen molar-refractivity contribution in [3.8, 4) is 0 Å². The van der Waals surface area contributed by atoms with Gasteiger partial charge in [0.25, 0.3) is 0 Å². The van der Waals surface area contributed by atoms with Crippen molar-refractivity contribution in [3.63, 3.8) is 0 Å². The first-order valence-corrected chi connectivity index (χ1v) is 7.87. The molecule has 0 unspecified atom stereocenters. The molecule has 2 nitrogen and oxygen atoms in total. The predicted octanol–water partition coefficient (Wildman–Crippen LogP) is 3.93. The lowest BCUT2D eigenvalue weighted by atomic mass is 9.59. The van der Waals surface area contributed by atoms with Crippen molar-refractivity contribution < 1.29 is 9.59 Å². The third-order valence-electron chi connectivity index (χ3n) is 5.09. The van der Waals surface area contributed by atoms with Gasteiger partial charge < -0.3 is 0 Å². The maximum Gasteiger partial charge on any atom is 0.178 e. The molecule has 20 heavy (non-hydrogen) atoms. The molecule has 1 fully saturated rings. The van der Waals surface area contributed by atoms with E-state index in [-0.39, 0.29) is 22.9 Å². The highest BCUT2D eigenvalue weighted by Crippen LogP contribution is 2.57. The van der Waals surface area contributed by atoms with Crippen molar-refractivity contribution in [2.75, 3.05) is 0 Å². The molecule has 3 rings (SSSR count). The van der Waals surface area contributed by atoms with Crippen LogP contribution in [0.25, 0.3) is 0 Å². The van der Waals surface area contributed by atoms with E-state index in [1.807, 2.05) is 12.2 Å². The normalized spacial score (nSPS) is 31.8. The number of allylic oxidation sites excluding steroid dienone is 6. The van der Waals surface area contributed by atoms with Gasteiger partial charge in [0.1, 0.15) is 0 Å². The molecule has 0 heterocycles. The topological polar surface area (TPSA) is 34.1 Å². The second-order valence-corrected chi connectivity index (χ2v) is 6.25. The summed E-state index contributed by atoms with van der Waals surface area (Å²) < 4.78 is 0. The summed E-state index contributed by atoms with van der Waals surface area (Å²) in [5.41, 5.74) is 2.22. The minimum atomic E-state index is -0.225. The maximum atomic E-state index is 12.4. The second kappa shape index (κ2) is 5.16. The van der Waals surface area contributed by atoms with Crippen molar-refractivity contribution >= 4 is 11.6 Å². The van der Waals surface area contributed by atoms with Gasteiger partial charge >= 0.3 is 0 Å². The van der Waals surface area contributed by atoms with Gasteiger partial charge in [-0.05, 0) is 50.3 Å². The lowest BCUT2D eigenvalue weighted by Gasteiger charge is -2.42. The van der Waals surface area contributed by atoms with Gasteiger partial charge in [-0.3, -0.25) is 9.59 Å². The minimum Gasteiger partial charge on any atom is -0.294 e. The SMILES string of the molecule is CCCCCC1=CC(=O)[C@H]2CCCC3=CC(=O)C=C[C@]132. The van der Waals surface area contributed by atoms with Crippen LogP contribution in [0.3, 0.4) is 0 Å². The average molecular weight is 270 g/mol. The van der Waals surface area contributed by atoms with Crippen LogP contribution in [0.2, 0.25) is 0 Å². The molecule has 106 valence electrons. The third-order valence-corrected chi connectivity index (χ3v) is 5.09. The Balaban J connectivity index is 1.96. The van der Waals surface area contributed by atoms with E-state index in [1.165, 1.54) is 24.0 Å². The molecule has 0 aromatic heterocycles. The number of carbonyl (C=O) groups is 2. The van der Waals surface area contributed by atoms with Crippen LogP contribution in [0.4, 0.5) is 0 Å². The molecule has 1 saturated carbocycles. The van der Waals surface area contributed by atoms with Crippen LogP contribution in [0.15, 0.2) is 35.5 Å². The van der Waals surface area contributed by atoms with Crippen LogP contribution in [-0.2, 0) is 9.59 Å². The van der Waals surface area contributed by atoms with Gasteiger partial charge in [0, 0.05) is 11.3 Å². The zero-order chi connectivity index (χ0) is 14.2. The van der Waals surface area contributed by atoms with Crippen molar-refractivity contribution in [3.05, 3.63) is 35.5 Å². The standard InChI is InChI=1S/C18H22O2/c1-2-3-4-6-14-12-17(20)16-8-5-7-13-11-15(19)9-10-18(13,14)16/h9-12,16H,2-8H2,1H3/t16-,18-/m1/s1. The van der Waals surface area contributed by atoms with Gasteiger partial charge in [-0.15, -0.1) is 0 Å². The first-order valence-electron chi connectivity index (χ1n) is 7.87. The minimum absolute atomic E-state index is 0.0588. The number of hydrogen-bond donors (Lipinski definition) is 0. The first-order chi connectivity index (χ1) is 9.68. The smallest absolute Gasteiger partial charge is 0.178 e. The molecule has 0 N–H and O–H groups in total. The molecule has 0 aliphatic heterocycles. The zero-order valence-electron chi connectivity index (χ0n) is 12.2. The van der Waals surface area contributed by atoms with E-state index in [0.717, 1.165) is 32.1 Å². The summed E-state index contributed by atoms with van der Waals surface area (Å²) in [6.45, 7) is 2.19. The van der Waals surface area contributed by atoms with Crippen molar-refractivity contribution in [2.45, 2.75) is 51.9 Å². The summed E-state index contributed by atoms with van der Waals surface area (Å²) in [6, 6.07) is 0. The van der Waals surface area contributed by atoms with Crippen LogP contribution in [0.1, 0.15) is 51.9 Å². The Hall–Kier alpha value is -1.44. The quantitative estimate of drug-likeness (QED) is 0.725. The number of rotatable bonds is 4. The van der Waals surface area contributed by atoms with Crippen LogP contribution in [0, 0.1) is 11.3 Å². The molecule has 2 heteroatoms. The fourth-order valence-corrected chi connectivity index (χ4v) is 4.14. The lowest BCUT2D eigenvalue weighted by Crippen LogP contribution is -2.37. The van der Waals surface area contributed by atoms with Gasteiger partial charge in [-0.25, -0.2) is 0 Å². The Morgan fingerprint density at radius 3 is 2.90 bits per heavy atom.